The number of carbonyl (C=O) groups is 1. The molecule has 0 radical (unpaired) electrons. The lowest BCUT2D eigenvalue weighted by molar-refractivity contribution is -0.146. The van der Waals surface area contributed by atoms with E-state index in [0.717, 1.165) is 11.1 Å². The molecule has 0 amide bonds. The van der Waals surface area contributed by atoms with E-state index in [1.165, 1.54) is 0 Å². The molecule has 1 aliphatic carbocycles. The first kappa shape index (κ1) is 14.6. The number of carboxylic acids is 1. The molecule has 1 N–H and O–H groups in total. The molecule has 0 spiro atoms. The van der Waals surface area contributed by atoms with Crippen molar-refractivity contribution in [2.24, 2.45) is 11.3 Å². The molecule has 0 saturated carbocycles. The normalized spacial score (nSPS) is 21.6. The van der Waals surface area contributed by atoms with Crippen LogP contribution in [0.5, 0.6) is 0 Å². The van der Waals surface area contributed by atoms with Crippen molar-refractivity contribution in [1.29, 1.82) is 0 Å². The third-order valence-electron chi connectivity index (χ3n) is 4.73. The van der Waals surface area contributed by atoms with Crippen molar-refractivity contribution >= 4 is 5.97 Å². The number of aliphatic carboxylic acids is 1. The van der Waals surface area contributed by atoms with Crippen LogP contribution >= 0.6 is 0 Å². The number of hydrogen-bond donors (Lipinski definition) is 1. The highest BCUT2D eigenvalue weighted by Gasteiger charge is 2.54. The van der Waals surface area contributed by atoms with Crippen LogP contribution in [0.1, 0.15) is 25.0 Å². The molecular formula is C20H20O2. The first-order valence-electron chi connectivity index (χ1n) is 7.53. The van der Waals surface area contributed by atoms with E-state index in [9.17, 15) is 9.90 Å². The minimum absolute atomic E-state index is 0.405. The number of allylic oxidation sites excluding steroid dienone is 2. The first-order valence-corrected chi connectivity index (χ1v) is 7.53. The van der Waals surface area contributed by atoms with Crippen molar-refractivity contribution in [2.45, 2.75) is 19.3 Å². The van der Waals surface area contributed by atoms with E-state index in [-0.39, 0.29) is 0 Å². The summed E-state index contributed by atoms with van der Waals surface area (Å²) in [7, 11) is 0. The van der Waals surface area contributed by atoms with E-state index in [2.05, 4.69) is 6.08 Å². The highest BCUT2D eigenvalue weighted by Crippen LogP contribution is 2.54. The summed E-state index contributed by atoms with van der Waals surface area (Å²) in [6.45, 7) is 3.99. The predicted molar refractivity (Wildman–Crippen MR) is 87.7 cm³/mol. The summed E-state index contributed by atoms with van der Waals surface area (Å²) < 4.78 is 0. The Morgan fingerprint density at radius 3 is 1.73 bits per heavy atom. The van der Waals surface area contributed by atoms with Gasteiger partial charge in [-0.3, -0.25) is 4.79 Å². The Morgan fingerprint density at radius 2 is 1.32 bits per heavy atom. The zero-order valence-corrected chi connectivity index (χ0v) is 12.9. The van der Waals surface area contributed by atoms with Gasteiger partial charge in [-0.2, -0.15) is 0 Å². The Hall–Kier alpha value is -2.35. The Labute approximate surface area is 131 Å². The van der Waals surface area contributed by atoms with Crippen LogP contribution in [0, 0.1) is 11.3 Å². The zero-order chi connectivity index (χ0) is 15.8. The SMILES string of the molecule is CC1(C)C=CC(c2ccccc2)(c2ccccc2)C1C(=O)O. The maximum atomic E-state index is 12.1. The quantitative estimate of drug-likeness (QED) is 0.858. The Bertz CT molecular complexity index is 660. The van der Waals surface area contributed by atoms with E-state index in [0.29, 0.717) is 0 Å². The number of carboxylic acid groups (broad SMARTS) is 1. The molecule has 0 bridgehead atoms. The molecule has 0 heterocycles. The van der Waals surface area contributed by atoms with Crippen molar-refractivity contribution in [1.82, 2.24) is 0 Å². The van der Waals surface area contributed by atoms with Gasteiger partial charge in [-0.15, -0.1) is 0 Å². The second-order valence-electron chi connectivity index (χ2n) is 6.53. The van der Waals surface area contributed by atoms with Crippen molar-refractivity contribution in [3.8, 4) is 0 Å². The largest absolute Gasteiger partial charge is 0.481 e. The van der Waals surface area contributed by atoms with Gasteiger partial charge in [-0.25, -0.2) is 0 Å². The average Bonchev–Trinajstić information content (AvgIpc) is 2.82. The molecule has 0 aliphatic heterocycles. The van der Waals surface area contributed by atoms with Gasteiger partial charge >= 0.3 is 5.97 Å². The summed E-state index contributed by atoms with van der Waals surface area (Å²) >= 11 is 0. The summed E-state index contributed by atoms with van der Waals surface area (Å²) in [5.74, 6) is -1.30. The molecule has 2 nitrogen and oxygen atoms in total. The lowest BCUT2D eigenvalue weighted by Gasteiger charge is -2.38. The molecule has 0 saturated heterocycles. The molecule has 1 atom stereocenters. The van der Waals surface area contributed by atoms with Crippen LogP contribution in [-0.2, 0) is 10.2 Å². The molecule has 1 aliphatic rings. The summed E-state index contributed by atoms with van der Waals surface area (Å²) in [5, 5.41) is 9.97. The monoisotopic (exact) mass is 292 g/mol. The molecule has 3 rings (SSSR count). The van der Waals surface area contributed by atoms with Gasteiger partial charge in [0.15, 0.2) is 0 Å². The summed E-state index contributed by atoms with van der Waals surface area (Å²) in [4.78, 5) is 12.1. The highest BCUT2D eigenvalue weighted by atomic mass is 16.4. The minimum Gasteiger partial charge on any atom is -0.481 e. The van der Waals surface area contributed by atoms with Gasteiger partial charge in [0.25, 0.3) is 0 Å². The van der Waals surface area contributed by atoms with Gasteiger partial charge in [-0.05, 0) is 16.5 Å². The van der Waals surface area contributed by atoms with Crippen molar-refractivity contribution in [2.75, 3.05) is 0 Å². The summed E-state index contributed by atoms with van der Waals surface area (Å²) in [6.07, 6.45) is 4.13. The van der Waals surface area contributed by atoms with E-state index in [4.69, 9.17) is 0 Å². The molecule has 0 aromatic heterocycles. The fourth-order valence-corrected chi connectivity index (χ4v) is 3.76. The van der Waals surface area contributed by atoms with Crippen LogP contribution < -0.4 is 0 Å². The fraction of sp³-hybridized carbons (Fsp3) is 0.250. The predicted octanol–water partition coefficient (Wildman–Crippen LogP) is 4.27. The molecule has 2 heteroatoms. The van der Waals surface area contributed by atoms with E-state index in [1.54, 1.807) is 0 Å². The van der Waals surface area contributed by atoms with Crippen LogP contribution in [0.25, 0.3) is 0 Å². The molecule has 1 unspecified atom stereocenters. The van der Waals surface area contributed by atoms with Crippen LogP contribution in [0.15, 0.2) is 72.8 Å². The van der Waals surface area contributed by atoms with Gasteiger partial charge in [0.05, 0.1) is 11.3 Å². The van der Waals surface area contributed by atoms with Gasteiger partial charge in [0.2, 0.25) is 0 Å². The average molecular weight is 292 g/mol. The first-order chi connectivity index (χ1) is 10.5. The third-order valence-corrected chi connectivity index (χ3v) is 4.73. The summed E-state index contributed by atoms with van der Waals surface area (Å²) in [5.41, 5.74) is 1.01. The van der Waals surface area contributed by atoms with Crippen molar-refractivity contribution in [3.05, 3.63) is 83.9 Å². The minimum atomic E-state index is -0.761. The number of rotatable bonds is 3. The van der Waals surface area contributed by atoms with Crippen LogP contribution in [-0.4, -0.2) is 11.1 Å². The topological polar surface area (TPSA) is 37.3 Å². The van der Waals surface area contributed by atoms with E-state index in [1.807, 2.05) is 80.6 Å². The molecule has 2 aromatic rings. The van der Waals surface area contributed by atoms with Gasteiger partial charge in [-0.1, -0.05) is 86.7 Å². The van der Waals surface area contributed by atoms with Crippen molar-refractivity contribution < 1.29 is 9.90 Å². The van der Waals surface area contributed by atoms with E-state index < -0.39 is 22.7 Å². The molecule has 112 valence electrons. The fourth-order valence-electron chi connectivity index (χ4n) is 3.76. The summed E-state index contributed by atoms with van der Waals surface area (Å²) in [6, 6.07) is 19.9. The Balaban J connectivity index is 2.30. The van der Waals surface area contributed by atoms with Crippen LogP contribution in [0.4, 0.5) is 0 Å². The number of benzene rings is 2. The lowest BCUT2D eigenvalue weighted by Crippen LogP contribution is -2.42. The second-order valence-corrected chi connectivity index (χ2v) is 6.53. The standard InChI is InChI=1S/C20H20O2/c1-19(2)13-14-20(17(19)18(21)22,15-9-5-3-6-10-15)16-11-7-4-8-12-16/h3-14,17H,1-2H3,(H,21,22). The Kier molecular flexibility index (Phi) is 3.40. The molecule has 2 aromatic carbocycles. The van der Waals surface area contributed by atoms with Gasteiger partial charge < -0.3 is 5.11 Å². The van der Waals surface area contributed by atoms with Gasteiger partial charge in [0, 0.05) is 0 Å². The third kappa shape index (κ3) is 2.07. The molecule has 0 fully saturated rings. The Morgan fingerprint density at radius 1 is 0.864 bits per heavy atom. The number of hydrogen-bond acceptors (Lipinski definition) is 1. The lowest BCUT2D eigenvalue weighted by atomic mass is 9.62. The molecule has 22 heavy (non-hydrogen) atoms. The van der Waals surface area contributed by atoms with Crippen LogP contribution in [0.2, 0.25) is 0 Å². The molecular weight excluding hydrogens is 272 g/mol. The van der Waals surface area contributed by atoms with Crippen LogP contribution in [0.3, 0.4) is 0 Å². The highest BCUT2D eigenvalue weighted by molar-refractivity contribution is 5.78. The smallest absolute Gasteiger partial charge is 0.308 e. The zero-order valence-electron chi connectivity index (χ0n) is 12.9. The van der Waals surface area contributed by atoms with Gasteiger partial charge in [0.1, 0.15) is 0 Å². The second kappa shape index (κ2) is 5.13. The maximum absolute atomic E-state index is 12.1. The maximum Gasteiger partial charge on any atom is 0.308 e. The van der Waals surface area contributed by atoms with Crippen molar-refractivity contribution in [3.63, 3.8) is 0 Å². The van der Waals surface area contributed by atoms with E-state index >= 15 is 0 Å².